The predicted molar refractivity (Wildman–Crippen MR) is 91.2 cm³/mol. The van der Waals surface area contributed by atoms with Gasteiger partial charge in [0, 0.05) is 16.1 Å². The van der Waals surface area contributed by atoms with Gasteiger partial charge in [0.2, 0.25) is 0 Å². The van der Waals surface area contributed by atoms with Crippen LogP contribution in [0.1, 0.15) is 27.0 Å². The zero-order valence-electron chi connectivity index (χ0n) is 11.7. The van der Waals surface area contributed by atoms with Crippen LogP contribution in [0.4, 0.5) is 5.69 Å². The lowest BCUT2D eigenvalue weighted by Gasteiger charge is -2.13. The topological polar surface area (TPSA) is 55.1 Å². The molecule has 0 fully saturated rings. The lowest BCUT2D eigenvalue weighted by molar-refractivity contribution is 0.102. The highest BCUT2D eigenvalue weighted by Gasteiger charge is 2.13. The molecule has 0 aromatic heterocycles. The minimum atomic E-state index is -0.247. The van der Waals surface area contributed by atoms with E-state index >= 15 is 0 Å². The van der Waals surface area contributed by atoms with Crippen LogP contribution in [0, 0.1) is 13.8 Å². The van der Waals surface area contributed by atoms with Crippen LogP contribution < -0.4 is 11.1 Å². The first-order chi connectivity index (χ1) is 9.88. The summed E-state index contributed by atoms with van der Waals surface area (Å²) in [4.78, 5) is 12.6. The van der Waals surface area contributed by atoms with E-state index in [0.29, 0.717) is 21.8 Å². The molecule has 0 aliphatic rings. The van der Waals surface area contributed by atoms with Gasteiger partial charge in [0.25, 0.3) is 5.91 Å². The van der Waals surface area contributed by atoms with Gasteiger partial charge in [0.05, 0.1) is 5.69 Å². The van der Waals surface area contributed by atoms with E-state index < -0.39 is 0 Å². The summed E-state index contributed by atoms with van der Waals surface area (Å²) in [5.74, 6) is -0.247. The summed E-state index contributed by atoms with van der Waals surface area (Å²) in [7, 11) is 0. The number of rotatable bonds is 3. The molecule has 3 N–H and O–H groups in total. The largest absolute Gasteiger partial charge is 0.389 e. The van der Waals surface area contributed by atoms with E-state index in [1.54, 1.807) is 24.3 Å². The quantitative estimate of drug-likeness (QED) is 0.845. The zero-order valence-corrected chi connectivity index (χ0v) is 13.3. The molecule has 0 radical (unpaired) electrons. The number of nitrogens with two attached hydrogens (primary N) is 1. The Balaban J connectivity index is 2.36. The normalized spacial score (nSPS) is 10.2. The Labute approximate surface area is 134 Å². The maximum absolute atomic E-state index is 12.4. The van der Waals surface area contributed by atoms with Gasteiger partial charge < -0.3 is 11.1 Å². The molecule has 1 amide bonds. The summed E-state index contributed by atoms with van der Waals surface area (Å²) in [6.07, 6.45) is 0. The van der Waals surface area contributed by atoms with Gasteiger partial charge >= 0.3 is 0 Å². The predicted octanol–water partition coefficient (Wildman–Crippen LogP) is 3.84. The maximum atomic E-state index is 12.4. The number of halogens is 1. The second-order valence-corrected chi connectivity index (χ2v) is 5.71. The smallest absolute Gasteiger partial charge is 0.255 e. The highest BCUT2D eigenvalue weighted by molar-refractivity contribution is 7.80. The number of carbonyl (C=O) groups excluding carboxylic acids is 1. The van der Waals surface area contributed by atoms with Gasteiger partial charge in [-0.1, -0.05) is 36.0 Å². The summed E-state index contributed by atoms with van der Waals surface area (Å²) in [6.45, 7) is 3.78. The minimum absolute atomic E-state index is 0.247. The third-order valence-electron chi connectivity index (χ3n) is 3.07. The highest BCUT2D eigenvalue weighted by Crippen LogP contribution is 2.21. The fourth-order valence-electron chi connectivity index (χ4n) is 2.16. The fraction of sp³-hybridized carbons (Fsp3) is 0.125. The van der Waals surface area contributed by atoms with Crippen LogP contribution in [0.15, 0.2) is 36.4 Å². The number of benzene rings is 2. The Hall–Kier alpha value is -1.91. The molecular weight excluding hydrogens is 304 g/mol. The van der Waals surface area contributed by atoms with Crippen molar-refractivity contribution in [1.82, 2.24) is 0 Å². The number of nitrogens with one attached hydrogen (secondary N) is 1. The van der Waals surface area contributed by atoms with Gasteiger partial charge in [-0.05, 0) is 49.2 Å². The number of anilines is 1. The lowest BCUT2D eigenvalue weighted by atomic mass is 10.1. The van der Waals surface area contributed by atoms with Crippen molar-refractivity contribution in [2.75, 3.05) is 5.32 Å². The first-order valence-corrected chi connectivity index (χ1v) is 7.15. The Morgan fingerprint density at radius 3 is 2.57 bits per heavy atom. The van der Waals surface area contributed by atoms with Crippen LogP contribution in [-0.4, -0.2) is 10.9 Å². The van der Waals surface area contributed by atoms with Crippen LogP contribution in [0.3, 0.4) is 0 Å². The van der Waals surface area contributed by atoms with Crippen molar-refractivity contribution in [3.05, 3.63) is 63.7 Å². The molecule has 0 spiro atoms. The van der Waals surface area contributed by atoms with Crippen molar-refractivity contribution in [3.63, 3.8) is 0 Å². The van der Waals surface area contributed by atoms with E-state index in [9.17, 15) is 4.79 Å². The summed E-state index contributed by atoms with van der Waals surface area (Å²) >= 11 is 11.0. The molecule has 0 heterocycles. The van der Waals surface area contributed by atoms with Crippen molar-refractivity contribution >= 4 is 40.4 Å². The van der Waals surface area contributed by atoms with Gasteiger partial charge in [-0.25, -0.2) is 0 Å². The Morgan fingerprint density at radius 1 is 1.24 bits per heavy atom. The van der Waals surface area contributed by atoms with E-state index in [-0.39, 0.29) is 10.9 Å². The number of aryl methyl sites for hydroxylation is 2. The first-order valence-electron chi connectivity index (χ1n) is 6.36. The van der Waals surface area contributed by atoms with Crippen molar-refractivity contribution < 1.29 is 4.79 Å². The van der Waals surface area contributed by atoms with Crippen molar-refractivity contribution in [2.24, 2.45) is 5.73 Å². The molecule has 0 aliphatic heterocycles. The van der Waals surface area contributed by atoms with E-state index in [2.05, 4.69) is 5.32 Å². The van der Waals surface area contributed by atoms with Crippen LogP contribution in [-0.2, 0) is 0 Å². The molecule has 108 valence electrons. The van der Waals surface area contributed by atoms with E-state index in [1.165, 1.54) is 0 Å². The highest BCUT2D eigenvalue weighted by atomic mass is 35.5. The second-order valence-electron chi connectivity index (χ2n) is 4.83. The number of amides is 1. The third-order valence-corrected chi connectivity index (χ3v) is 3.49. The van der Waals surface area contributed by atoms with Crippen LogP contribution in [0.25, 0.3) is 0 Å². The Kier molecular flexibility index (Phi) is 4.60. The molecule has 3 nitrogen and oxygen atoms in total. The maximum Gasteiger partial charge on any atom is 0.255 e. The van der Waals surface area contributed by atoms with Crippen molar-refractivity contribution in [2.45, 2.75) is 13.8 Å². The zero-order chi connectivity index (χ0) is 15.6. The molecule has 0 bridgehead atoms. The molecule has 0 atom stereocenters. The number of hydrogen-bond donors (Lipinski definition) is 2. The van der Waals surface area contributed by atoms with Crippen LogP contribution in [0.5, 0.6) is 0 Å². The van der Waals surface area contributed by atoms with Gasteiger partial charge in [-0.15, -0.1) is 0 Å². The van der Waals surface area contributed by atoms with E-state index in [0.717, 1.165) is 11.1 Å². The van der Waals surface area contributed by atoms with Crippen molar-refractivity contribution in [1.29, 1.82) is 0 Å². The van der Waals surface area contributed by atoms with E-state index in [1.807, 2.05) is 26.0 Å². The van der Waals surface area contributed by atoms with Gasteiger partial charge in [-0.3, -0.25) is 4.79 Å². The standard InChI is InChI=1S/C16H15ClN2OS/c1-9-6-11(8-12(17)7-9)16(20)19-13-5-3-4-10(2)14(13)15(18)21/h3-8H,1-2H3,(H2,18,21)(H,19,20). The van der Waals surface area contributed by atoms with Crippen molar-refractivity contribution in [3.8, 4) is 0 Å². The molecule has 2 rings (SSSR count). The number of hydrogen-bond acceptors (Lipinski definition) is 2. The molecule has 5 heteroatoms. The number of thiocarbonyl (C=S) groups is 1. The minimum Gasteiger partial charge on any atom is -0.389 e. The van der Waals surface area contributed by atoms with Gasteiger partial charge in [0.1, 0.15) is 4.99 Å². The van der Waals surface area contributed by atoms with Gasteiger partial charge in [-0.2, -0.15) is 0 Å². The molecule has 0 unspecified atom stereocenters. The SMILES string of the molecule is Cc1cc(Cl)cc(C(=O)Nc2cccc(C)c2C(N)=S)c1. The molecular formula is C16H15ClN2OS. The summed E-state index contributed by atoms with van der Waals surface area (Å²) in [5, 5.41) is 3.37. The van der Waals surface area contributed by atoms with Crippen LogP contribution in [0.2, 0.25) is 5.02 Å². The molecule has 21 heavy (non-hydrogen) atoms. The molecule has 0 aliphatic carbocycles. The average molecular weight is 319 g/mol. The lowest BCUT2D eigenvalue weighted by Crippen LogP contribution is -2.18. The average Bonchev–Trinajstić information content (AvgIpc) is 2.37. The van der Waals surface area contributed by atoms with E-state index in [4.69, 9.17) is 29.6 Å². The van der Waals surface area contributed by atoms with Gasteiger partial charge in [0.15, 0.2) is 0 Å². The Bertz CT molecular complexity index is 708. The number of carbonyl (C=O) groups is 1. The fourth-order valence-corrected chi connectivity index (χ4v) is 2.72. The monoisotopic (exact) mass is 318 g/mol. The molecule has 0 saturated carbocycles. The summed E-state index contributed by atoms with van der Waals surface area (Å²) in [6, 6.07) is 10.7. The summed E-state index contributed by atoms with van der Waals surface area (Å²) in [5.41, 5.74) is 9.36. The first kappa shape index (κ1) is 15.5. The van der Waals surface area contributed by atoms with Crippen LogP contribution >= 0.6 is 23.8 Å². The third kappa shape index (κ3) is 3.60. The molecule has 0 saturated heterocycles. The molecule has 2 aromatic carbocycles. The molecule has 2 aromatic rings. The second kappa shape index (κ2) is 6.24. The Morgan fingerprint density at radius 2 is 1.95 bits per heavy atom. The summed E-state index contributed by atoms with van der Waals surface area (Å²) < 4.78 is 0.